The van der Waals surface area contributed by atoms with E-state index in [9.17, 15) is 4.79 Å². The number of rotatable bonds is 4. The summed E-state index contributed by atoms with van der Waals surface area (Å²) in [6.45, 7) is 8.92. The summed E-state index contributed by atoms with van der Waals surface area (Å²) in [5.41, 5.74) is 1.96. The van der Waals surface area contributed by atoms with Crippen molar-refractivity contribution in [3.8, 4) is 11.5 Å². The van der Waals surface area contributed by atoms with Gasteiger partial charge in [0.2, 0.25) is 6.79 Å². The molecule has 0 N–H and O–H groups in total. The third kappa shape index (κ3) is 3.91. The van der Waals surface area contributed by atoms with E-state index in [2.05, 4.69) is 21.9 Å². The number of aryl methyl sites for hydroxylation is 1. The standard InChI is InChI=1S/C23H29N3O4/c1-17-20(6-12-28-17)23(27)26-7-2-3-19(15-26)25-10-8-24(9-11-25)14-18-4-5-21-22(13-18)30-16-29-21/h4-6,12-13,19H,2-3,7-11,14-16H2,1H3. The molecule has 7 nitrogen and oxygen atoms in total. The van der Waals surface area contributed by atoms with Crippen LogP contribution in [-0.4, -0.2) is 72.7 Å². The Balaban J connectivity index is 1.14. The second-order valence-corrected chi connectivity index (χ2v) is 8.44. The molecule has 1 amide bonds. The van der Waals surface area contributed by atoms with Crippen LogP contribution in [0.5, 0.6) is 11.5 Å². The number of carbonyl (C=O) groups excluding carboxylic acids is 1. The van der Waals surface area contributed by atoms with Crippen molar-refractivity contribution in [3.05, 3.63) is 47.4 Å². The monoisotopic (exact) mass is 411 g/mol. The highest BCUT2D eigenvalue weighted by atomic mass is 16.7. The molecule has 3 aliphatic rings. The van der Waals surface area contributed by atoms with Gasteiger partial charge in [0.15, 0.2) is 11.5 Å². The normalized spacial score (nSPS) is 22.4. The second kappa shape index (κ2) is 8.32. The van der Waals surface area contributed by atoms with Crippen molar-refractivity contribution in [2.45, 2.75) is 32.4 Å². The highest BCUT2D eigenvalue weighted by Crippen LogP contribution is 2.33. The van der Waals surface area contributed by atoms with Crippen LogP contribution in [0.2, 0.25) is 0 Å². The maximum atomic E-state index is 12.9. The number of piperazine rings is 1. The van der Waals surface area contributed by atoms with E-state index in [0.29, 0.717) is 24.2 Å². The van der Waals surface area contributed by atoms with Gasteiger partial charge in [-0.2, -0.15) is 0 Å². The van der Waals surface area contributed by atoms with E-state index in [0.717, 1.165) is 70.2 Å². The number of benzene rings is 1. The average Bonchev–Trinajstić information content (AvgIpc) is 3.42. The summed E-state index contributed by atoms with van der Waals surface area (Å²) in [7, 11) is 0. The molecule has 4 heterocycles. The van der Waals surface area contributed by atoms with Gasteiger partial charge in [0.05, 0.1) is 11.8 Å². The Morgan fingerprint density at radius 3 is 2.70 bits per heavy atom. The molecule has 2 fully saturated rings. The van der Waals surface area contributed by atoms with Gasteiger partial charge in [0.25, 0.3) is 5.91 Å². The molecule has 0 bridgehead atoms. The van der Waals surface area contributed by atoms with Crippen LogP contribution in [0, 0.1) is 6.92 Å². The molecule has 2 saturated heterocycles. The minimum atomic E-state index is 0.104. The van der Waals surface area contributed by atoms with Crippen molar-refractivity contribution < 1.29 is 18.7 Å². The van der Waals surface area contributed by atoms with Gasteiger partial charge in [-0.25, -0.2) is 0 Å². The predicted octanol–water partition coefficient (Wildman–Crippen LogP) is 2.74. The molecule has 1 unspecified atom stereocenters. The van der Waals surface area contributed by atoms with Crippen molar-refractivity contribution in [2.75, 3.05) is 46.1 Å². The molecular weight excluding hydrogens is 382 g/mol. The van der Waals surface area contributed by atoms with Gasteiger partial charge in [-0.3, -0.25) is 14.6 Å². The second-order valence-electron chi connectivity index (χ2n) is 8.44. The smallest absolute Gasteiger partial charge is 0.257 e. The van der Waals surface area contributed by atoms with E-state index in [-0.39, 0.29) is 5.91 Å². The number of furan rings is 1. The molecule has 1 atom stereocenters. The molecule has 0 saturated carbocycles. The number of likely N-dealkylation sites (tertiary alicyclic amines) is 1. The lowest BCUT2D eigenvalue weighted by Crippen LogP contribution is -2.55. The van der Waals surface area contributed by atoms with Gasteiger partial charge in [0, 0.05) is 51.9 Å². The fourth-order valence-electron chi connectivity index (χ4n) is 4.80. The van der Waals surface area contributed by atoms with Gasteiger partial charge in [-0.05, 0) is 43.5 Å². The number of nitrogens with zero attached hydrogens (tertiary/aromatic N) is 3. The lowest BCUT2D eigenvalue weighted by Gasteiger charge is -2.43. The summed E-state index contributed by atoms with van der Waals surface area (Å²) < 4.78 is 16.2. The molecule has 0 radical (unpaired) electrons. The first-order valence-electron chi connectivity index (χ1n) is 10.9. The molecular formula is C23H29N3O4. The number of piperidine rings is 1. The average molecular weight is 412 g/mol. The van der Waals surface area contributed by atoms with Gasteiger partial charge < -0.3 is 18.8 Å². The van der Waals surface area contributed by atoms with Crippen LogP contribution in [0.25, 0.3) is 0 Å². The molecule has 30 heavy (non-hydrogen) atoms. The molecule has 160 valence electrons. The number of hydrogen-bond acceptors (Lipinski definition) is 6. The minimum absolute atomic E-state index is 0.104. The molecule has 2 aromatic rings. The highest BCUT2D eigenvalue weighted by molar-refractivity contribution is 5.95. The summed E-state index contributed by atoms with van der Waals surface area (Å²) in [6, 6.07) is 8.46. The first-order chi connectivity index (χ1) is 14.7. The van der Waals surface area contributed by atoms with Crippen LogP contribution < -0.4 is 9.47 Å². The van der Waals surface area contributed by atoms with Gasteiger partial charge >= 0.3 is 0 Å². The maximum absolute atomic E-state index is 12.9. The molecule has 7 heteroatoms. The third-order valence-electron chi connectivity index (χ3n) is 6.54. The zero-order valence-corrected chi connectivity index (χ0v) is 17.5. The zero-order valence-electron chi connectivity index (χ0n) is 17.5. The molecule has 1 aromatic carbocycles. The summed E-state index contributed by atoms with van der Waals surface area (Å²) in [5, 5.41) is 0. The van der Waals surface area contributed by atoms with Crippen LogP contribution in [0.4, 0.5) is 0 Å². The largest absolute Gasteiger partial charge is 0.469 e. The highest BCUT2D eigenvalue weighted by Gasteiger charge is 2.31. The summed E-state index contributed by atoms with van der Waals surface area (Å²) in [6.07, 6.45) is 3.82. The Labute approximate surface area is 177 Å². The van der Waals surface area contributed by atoms with Crippen LogP contribution in [0.1, 0.15) is 34.5 Å². The first kappa shape index (κ1) is 19.5. The lowest BCUT2D eigenvalue weighted by molar-refractivity contribution is 0.0406. The number of amides is 1. The van der Waals surface area contributed by atoms with E-state index in [1.165, 1.54) is 5.56 Å². The van der Waals surface area contributed by atoms with Gasteiger partial charge in [0.1, 0.15) is 5.76 Å². The van der Waals surface area contributed by atoms with Crippen molar-refractivity contribution in [2.24, 2.45) is 0 Å². The SMILES string of the molecule is Cc1occc1C(=O)N1CCCC(N2CCN(Cc3ccc4c(c3)OCO4)CC2)C1. The molecule has 0 aliphatic carbocycles. The number of carbonyl (C=O) groups is 1. The topological polar surface area (TPSA) is 58.4 Å². The van der Waals surface area contributed by atoms with Crippen LogP contribution >= 0.6 is 0 Å². The molecule has 0 spiro atoms. The van der Waals surface area contributed by atoms with E-state index >= 15 is 0 Å². The van der Waals surface area contributed by atoms with Crippen molar-refractivity contribution in [1.29, 1.82) is 0 Å². The number of hydrogen-bond donors (Lipinski definition) is 0. The molecule has 5 rings (SSSR count). The van der Waals surface area contributed by atoms with E-state index in [1.54, 1.807) is 12.3 Å². The lowest BCUT2D eigenvalue weighted by atomic mass is 10.0. The minimum Gasteiger partial charge on any atom is -0.469 e. The Morgan fingerprint density at radius 2 is 1.90 bits per heavy atom. The molecule has 1 aromatic heterocycles. The summed E-state index contributed by atoms with van der Waals surface area (Å²) >= 11 is 0. The summed E-state index contributed by atoms with van der Waals surface area (Å²) in [5.74, 6) is 2.50. The zero-order chi connectivity index (χ0) is 20.5. The van der Waals surface area contributed by atoms with Crippen LogP contribution in [-0.2, 0) is 6.54 Å². The Morgan fingerprint density at radius 1 is 1.07 bits per heavy atom. The summed E-state index contributed by atoms with van der Waals surface area (Å²) in [4.78, 5) is 19.9. The Hall–Kier alpha value is -2.51. The first-order valence-corrected chi connectivity index (χ1v) is 10.9. The van der Waals surface area contributed by atoms with Crippen LogP contribution in [0.3, 0.4) is 0 Å². The van der Waals surface area contributed by atoms with Crippen molar-refractivity contribution >= 4 is 5.91 Å². The van der Waals surface area contributed by atoms with Crippen molar-refractivity contribution in [1.82, 2.24) is 14.7 Å². The Kier molecular flexibility index (Phi) is 5.39. The quantitative estimate of drug-likeness (QED) is 0.771. The third-order valence-corrected chi connectivity index (χ3v) is 6.54. The fraction of sp³-hybridized carbons (Fsp3) is 0.522. The van der Waals surface area contributed by atoms with Crippen molar-refractivity contribution in [3.63, 3.8) is 0 Å². The van der Waals surface area contributed by atoms with Crippen LogP contribution in [0.15, 0.2) is 34.9 Å². The van der Waals surface area contributed by atoms with Gasteiger partial charge in [-0.15, -0.1) is 0 Å². The van der Waals surface area contributed by atoms with E-state index < -0.39 is 0 Å². The number of fused-ring (bicyclic) bond motifs is 1. The van der Waals surface area contributed by atoms with E-state index in [4.69, 9.17) is 13.9 Å². The predicted molar refractivity (Wildman–Crippen MR) is 112 cm³/mol. The van der Waals surface area contributed by atoms with Gasteiger partial charge in [-0.1, -0.05) is 6.07 Å². The fourth-order valence-corrected chi connectivity index (χ4v) is 4.80. The number of ether oxygens (including phenoxy) is 2. The Bertz CT molecular complexity index is 904. The molecule has 3 aliphatic heterocycles. The maximum Gasteiger partial charge on any atom is 0.257 e. The van der Waals surface area contributed by atoms with E-state index in [1.807, 2.05) is 17.9 Å².